The number of rotatable bonds is 5. The molecule has 10 heteroatoms. The number of aromatic nitrogens is 3. The second-order valence-electron chi connectivity index (χ2n) is 3.78. The van der Waals surface area contributed by atoms with Crippen molar-refractivity contribution in [3.8, 4) is 0 Å². The zero-order valence-electron chi connectivity index (χ0n) is 10.1. The molecule has 7 nitrogen and oxygen atoms in total. The van der Waals surface area contributed by atoms with Gasteiger partial charge in [-0.25, -0.2) is 10.8 Å². The van der Waals surface area contributed by atoms with Crippen molar-refractivity contribution in [2.24, 2.45) is 5.84 Å². The molecule has 108 valence electrons. The Morgan fingerprint density at radius 3 is 2.60 bits per heavy atom. The van der Waals surface area contributed by atoms with E-state index in [4.69, 9.17) is 10.4 Å². The Morgan fingerprint density at radius 2 is 2.00 bits per heavy atom. The van der Waals surface area contributed by atoms with E-state index in [-0.39, 0.29) is 11.6 Å². The monoisotopic (exact) mass is 288 g/mol. The van der Waals surface area contributed by atoms with Crippen LogP contribution in [0, 0.1) is 0 Å². The van der Waals surface area contributed by atoms with Gasteiger partial charge in [-0.15, -0.1) is 0 Å². The Hall–Kier alpha value is -2.36. The smallest absolute Gasteiger partial charge is 0.369 e. The maximum atomic E-state index is 12.7. The predicted octanol–water partition coefficient (Wildman–Crippen LogP) is 1.42. The zero-order chi connectivity index (χ0) is 14.6. The van der Waals surface area contributed by atoms with E-state index in [9.17, 15) is 13.2 Å². The molecular weight excluding hydrogens is 277 g/mol. The summed E-state index contributed by atoms with van der Waals surface area (Å²) in [7, 11) is 0. The van der Waals surface area contributed by atoms with Gasteiger partial charge in [-0.05, 0) is 12.1 Å². The molecule has 0 bridgehead atoms. The average Bonchev–Trinajstić information content (AvgIpc) is 2.90. The van der Waals surface area contributed by atoms with Crippen molar-refractivity contribution >= 4 is 11.6 Å². The number of nitrogens with two attached hydrogens (primary N) is 1. The van der Waals surface area contributed by atoms with E-state index >= 15 is 0 Å². The molecule has 0 aliphatic carbocycles. The lowest BCUT2D eigenvalue weighted by Gasteiger charge is -2.12. The molecule has 0 atom stereocenters. The van der Waals surface area contributed by atoms with E-state index in [0.717, 1.165) is 12.1 Å². The molecule has 0 radical (unpaired) electrons. The first kappa shape index (κ1) is 14.1. The molecule has 0 aliphatic heterocycles. The van der Waals surface area contributed by atoms with E-state index in [2.05, 4.69) is 25.9 Å². The minimum Gasteiger partial charge on any atom is -0.369 e. The summed E-state index contributed by atoms with van der Waals surface area (Å²) in [6.45, 7) is 0.292. The van der Waals surface area contributed by atoms with Crippen LogP contribution in [0.1, 0.15) is 11.5 Å². The molecule has 0 fully saturated rings. The molecule has 0 saturated carbocycles. The molecule has 0 unspecified atom stereocenters. The summed E-state index contributed by atoms with van der Waals surface area (Å²) in [4.78, 5) is 7.66. The minimum absolute atomic E-state index is 0.0484. The number of alkyl halides is 3. The maximum absolute atomic E-state index is 12.7. The standard InChI is InChI=1S/C10H11F3N6O/c11-10(12,13)6-3-7(18-8(4-6)19-14)15-2-1-9-16-5-17-20-9/h3-5H,1-2,14H2,(H2,15,18,19). The third-order valence-electron chi connectivity index (χ3n) is 2.35. The van der Waals surface area contributed by atoms with E-state index in [1.165, 1.54) is 6.33 Å². The molecule has 0 aromatic carbocycles. The van der Waals surface area contributed by atoms with Gasteiger partial charge in [0.25, 0.3) is 0 Å². The van der Waals surface area contributed by atoms with Gasteiger partial charge in [0.2, 0.25) is 5.89 Å². The SMILES string of the molecule is NNc1cc(C(F)(F)F)cc(NCCc2ncno2)n1. The quantitative estimate of drug-likeness (QED) is 0.565. The summed E-state index contributed by atoms with van der Waals surface area (Å²) in [6, 6.07) is 1.72. The van der Waals surface area contributed by atoms with Crippen molar-refractivity contribution in [1.82, 2.24) is 15.1 Å². The predicted molar refractivity (Wildman–Crippen MR) is 63.5 cm³/mol. The Morgan fingerprint density at radius 1 is 1.25 bits per heavy atom. The van der Waals surface area contributed by atoms with E-state index in [0.29, 0.717) is 18.9 Å². The lowest BCUT2D eigenvalue weighted by Crippen LogP contribution is -2.14. The molecule has 2 aromatic heterocycles. The molecule has 2 rings (SSSR count). The van der Waals surface area contributed by atoms with Gasteiger partial charge >= 0.3 is 6.18 Å². The van der Waals surface area contributed by atoms with Crippen LogP contribution in [0.2, 0.25) is 0 Å². The van der Waals surface area contributed by atoms with Crippen molar-refractivity contribution in [3.05, 3.63) is 29.9 Å². The maximum Gasteiger partial charge on any atom is 0.416 e. The van der Waals surface area contributed by atoms with E-state index < -0.39 is 11.7 Å². The number of nitrogens with one attached hydrogen (secondary N) is 2. The molecule has 4 N–H and O–H groups in total. The summed E-state index contributed by atoms with van der Waals surface area (Å²) in [5, 5.41) is 6.15. The fraction of sp³-hybridized carbons (Fsp3) is 0.300. The average molecular weight is 288 g/mol. The summed E-state index contributed by atoms with van der Waals surface area (Å²) < 4.78 is 42.8. The van der Waals surface area contributed by atoms with Crippen molar-refractivity contribution < 1.29 is 17.7 Å². The Labute approximate surface area is 111 Å². The van der Waals surface area contributed by atoms with Crippen LogP contribution in [-0.4, -0.2) is 21.7 Å². The summed E-state index contributed by atoms with van der Waals surface area (Å²) in [5.74, 6) is 5.44. The lowest BCUT2D eigenvalue weighted by molar-refractivity contribution is -0.137. The number of hydrazine groups is 1. The molecular formula is C10H11F3N6O. The first-order valence-electron chi connectivity index (χ1n) is 5.54. The van der Waals surface area contributed by atoms with E-state index in [1.807, 2.05) is 0 Å². The molecule has 2 heterocycles. The highest BCUT2D eigenvalue weighted by Crippen LogP contribution is 2.31. The number of pyridine rings is 1. The van der Waals surface area contributed by atoms with Crippen LogP contribution in [0.5, 0.6) is 0 Å². The van der Waals surface area contributed by atoms with Crippen molar-refractivity contribution in [2.45, 2.75) is 12.6 Å². The Kier molecular flexibility index (Phi) is 4.03. The van der Waals surface area contributed by atoms with Crippen LogP contribution in [0.15, 0.2) is 23.0 Å². The van der Waals surface area contributed by atoms with Crippen LogP contribution in [-0.2, 0) is 12.6 Å². The fourth-order valence-electron chi connectivity index (χ4n) is 1.46. The zero-order valence-corrected chi connectivity index (χ0v) is 10.1. The van der Waals surface area contributed by atoms with Crippen molar-refractivity contribution in [1.29, 1.82) is 0 Å². The van der Waals surface area contributed by atoms with Gasteiger partial charge in [0, 0.05) is 13.0 Å². The second-order valence-corrected chi connectivity index (χ2v) is 3.78. The van der Waals surface area contributed by atoms with Gasteiger partial charge in [0.05, 0.1) is 5.56 Å². The van der Waals surface area contributed by atoms with Crippen LogP contribution < -0.4 is 16.6 Å². The molecule has 0 aliphatic rings. The number of anilines is 2. The molecule has 0 saturated heterocycles. The molecule has 20 heavy (non-hydrogen) atoms. The molecule has 0 spiro atoms. The van der Waals surface area contributed by atoms with Crippen molar-refractivity contribution in [3.63, 3.8) is 0 Å². The first-order chi connectivity index (χ1) is 9.49. The summed E-state index contributed by atoms with van der Waals surface area (Å²) in [6.07, 6.45) is -2.87. The second kappa shape index (κ2) is 5.74. The topological polar surface area (TPSA) is 102 Å². The number of nitrogen functional groups attached to an aromatic ring is 1. The Bertz CT molecular complexity index is 557. The van der Waals surface area contributed by atoms with Crippen LogP contribution >= 0.6 is 0 Å². The summed E-state index contributed by atoms with van der Waals surface area (Å²) in [5.41, 5.74) is 1.25. The highest BCUT2D eigenvalue weighted by molar-refractivity contribution is 5.49. The summed E-state index contributed by atoms with van der Waals surface area (Å²) >= 11 is 0. The minimum atomic E-state index is -4.47. The van der Waals surface area contributed by atoms with Gasteiger partial charge in [-0.1, -0.05) is 5.16 Å². The lowest BCUT2D eigenvalue weighted by atomic mass is 10.2. The van der Waals surface area contributed by atoms with Crippen LogP contribution in [0.4, 0.5) is 24.8 Å². The number of halogens is 3. The Balaban J connectivity index is 2.06. The third-order valence-corrected chi connectivity index (χ3v) is 2.35. The number of nitrogens with zero attached hydrogens (tertiary/aromatic N) is 3. The third kappa shape index (κ3) is 3.57. The fourth-order valence-corrected chi connectivity index (χ4v) is 1.46. The van der Waals surface area contributed by atoms with Crippen LogP contribution in [0.25, 0.3) is 0 Å². The van der Waals surface area contributed by atoms with Gasteiger partial charge in [-0.3, -0.25) is 0 Å². The first-order valence-corrected chi connectivity index (χ1v) is 5.54. The van der Waals surface area contributed by atoms with Gasteiger partial charge < -0.3 is 15.3 Å². The van der Waals surface area contributed by atoms with Crippen LogP contribution in [0.3, 0.4) is 0 Å². The van der Waals surface area contributed by atoms with Gasteiger partial charge in [0.1, 0.15) is 11.6 Å². The number of hydrogen-bond donors (Lipinski definition) is 3. The van der Waals surface area contributed by atoms with Gasteiger partial charge in [0.15, 0.2) is 6.33 Å². The largest absolute Gasteiger partial charge is 0.416 e. The highest BCUT2D eigenvalue weighted by Gasteiger charge is 2.31. The van der Waals surface area contributed by atoms with Crippen molar-refractivity contribution in [2.75, 3.05) is 17.3 Å². The number of hydrogen-bond acceptors (Lipinski definition) is 7. The molecule has 0 amide bonds. The molecule has 2 aromatic rings. The highest BCUT2D eigenvalue weighted by atomic mass is 19.4. The van der Waals surface area contributed by atoms with E-state index in [1.54, 1.807) is 0 Å². The normalized spacial score (nSPS) is 11.4. The van der Waals surface area contributed by atoms with Gasteiger partial charge in [-0.2, -0.15) is 18.2 Å².